The van der Waals surface area contributed by atoms with Crippen molar-refractivity contribution in [3.63, 3.8) is 0 Å². The second kappa shape index (κ2) is 57.9. The van der Waals surface area contributed by atoms with Gasteiger partial charge in [-0.1, -0.05) is 289 Å². The van der Waals surface area contributed by atoms with Crippen LogP contribution in [-0.4, -0.2) is 47.4 Å². The molecule has 0 aromatic carbocycles. The molecule has 6 heteroatoms. The molecule has 3 N–H and O–H groups in total. The van der Waals surface area contributed by atoms with Crippen LogP contribution in [0.1, 0.15) is 335 Å². The van der Waals surface area contributed by atoms with Gasteiger partial charge in [-0.2, -0.15) is 0 Å². The summed E-state index contributed by atoms with van der Waals surface area (Å²) in [5.41, 5.74) is 0. The van der Waals surface area contributed by atoms with Crippen molar-refractivity contribution in [1.82, 2.24) is 5.32 Å². The van der Waals surface area contributed by atoms with Crippen molar-refractivity contribution in [2.45, 2.75) is 347 Å². The number of aliphatic hydroxyl groups is 2. The van der Waals surface area contributed by atoms with Crippen LogP contribution in [0.3, 0.4) is 0 Å². The molecular formula is C62H119NO5. The quantitative estimate of drug-likeness (QED) is 0.0321. The second-order valence-electron chi connectivity index (χ2n) is 21.0. The van der Waals surface area contributed by atoms with E-state index >= 15 is 0 Å². The fourth-order valence-corrected chi connectivity index (χ4v) is 9.55. The number of rotatable bonds is 57. The number of amides is 1. The molecule has 0 aliphatic carbocycles. The highest BCUT2D eigenvalue weighted by Crippen LogP contribution is 2.18. The molecule has 0 aliphatic heterocycles. The first-order valence-corrected chi connectivity index (χ1v) is 30.6. The van der Waals surface area contributed by atoms with Crippen LogP contribution in [0.25, 0.3) is 0 Å². The lowest BCUT2D eigenvalue weighted by molar-refractivity contribution is -0.143. The van der Waals surface area contributed by atoms with Crippen LogP contribution in [0, 0.1) is 0 Å². The Morgan fingerprint density at radius 1 is 0.412 bits per heavy atom. The lowest BCUT2D eigenvalue weighted by Crippen LogP contribution is -2.45. The number of ether oxygens (including phenoxy) is 1. The highest BCUT2D eigenvalue weighted by Gasteiger charge is 2.20. The molecule has 0 radical (unpaired) electrons. The van der Waals surface area contributed by atoms with Gasteiger partial charge in [0.15, 0.2) is 0 Å². The lowest BCUT2D eigenvalue weighted by Gasteiger charge is -2.22. The van der Waals surface area contributed by atoms with Crippen molar-refractivity contribution >= 4 is 11.9 Å². The molecule has 402 valence electrons. The summed E-state index contributed by atoms with van der Waals surface area (Å²) in [5.74, 6) is -0.0305. The minimum absolute atomic E-state index is 0.00499. The number of carbonyl (C=O) groups excluding carboxylic acids is 2. The van der Waals surface area contributed by atoms with Gasteiger partial charge in [0.1, 0.15) is 0 Å². The molecular weight excluding hydrogens is 839 g/mol. The van der Waals surface area contributed by atoms with Crippen LogP contribution in [0.2, 0.25) is 0 Å². The summed E-state index contributed by atoms with van der Waals surface area (Å²) in [6, 6.07) is -0.541. The molecule has 0 aromatic rings. The van der Waals surface area contributed by atoms with Gasteiger partial charge in [0.05, 0.1) is 25.4 Å². The largest absolute Gasteiger partial charge is 0.466 e. The average Bonchev–Trinajstić information content (AvgIpc) is 3.34. The molecule has 0 aromatic heterocycles. The number of allylic oxidation sites excluding steroid dienone is 4. The second-order valence-corrected chi connectivity index (χ2v) is 21.0. The van der Waals surface area contributed by atoms with E-state index < -0.39 is 12.1 Å². The molecule has 0 spiro atoms. The third-order valence-electron chi connectivity index (χ3n) is 14.3. The van der Waals surface area contributed by atoms with Crippen molar-refractivity contribution in [3.05, 3.63) is 24.3 Å². The Morgan fingerprint density at radius 3 is 1.13 bits per heavy atom. The van der Waals surface area contributed by atoms with E-state index in [9.17, 15) is 19.8 Å². The normalized spacial score (nSPS) is 12.7. The Bertz CT molecular complexity index is 1060. The maximum atomic E-state index is 12.5. The van der Waals surface area contributed by atoms with E-state index in [4.69, 9.17) is 4.74 Å². The molecule has 2 atom stereocenters. The standard InChI is InChI=1S/C62H119NO5/c1-3-5-7-9-11-13-15-17-18-19-26-29-32-36-40-44-48-52-56-62(67)68-57-53-49-45-41-37-33-30-27-24-22-20-21-23-25-28-31-35-39-43-47-51-55-61(66)63-59(58-64)60(65)54-50-46-42-38-34-16-14-12-10-8-6-4-2/h13,15,18-19,59-60,64-65H,3-12,14,16-17,20-58H2,1-2H3,(H,63,66)/b15-13-,19-18-. The van der Waals surface area contributed by atoms with E-state index in [0.717, 1.165) is 51.4 Å². The Labute approximate surface area is 424 Å². The van der Waals surface area contributed by atoms with Crippen molar-refractivity contribution in [1.29, 1.82) is 0 Å². The third kappa shape index (κ3) is 53.7. The fraction of sp³-hybridized carbons (Fsp3) is 0.903. The Morgan fingerprint density at radius 2 is 0.735 bits per heavy atom. The van der Waals surface area contributed by atoms with Crippen LogP contribution in [-0.2, 0) is 14.3 Å². The van der Waals surface area contributed by atoms with Crippen molar-refractivity contribution < 1.29 is 24.5 Å². The number of carbonyl (C=O) groups is 2. The Balaban J connectivity index is 3.36. The van der Waals surface area contributed by atoms with E-state index in [-0.39, 0.29) is 18.5 Å². The predicted octanol–water partition coefficient (Wildman–Crippen LogP) is 19.0. The molecule has 1 amide bonds. The molecule has 6 nitrogen and oxygen atoms in total. The maximum Gasteiger partial charge on any atom is 0.305 e. The van der Waals surface area contributed by atoms with Gasteiger partial charge in [0.2, 0.25) is 5.91 Å². The molecule has 0 saturated heterocycles. The number of unbranched alkanes of at least 4 members (excludes halogenated alkanes) is 42. The number of hydrogen-bond donors (Lipinski definition) is 3. The first-order valence-electron chi connectivity index (χ1n) is 30.6. The zero-order valence-corrected chi connectivity index (χ0v) is 45.9. The van der Waals surface area contributed by atoms with Crippen LogP contribution in [0.5, 0.6) is 0 Å². The van der Waals surface area contributed by atoms with Crippen molar-refractivity contribution in [3.8, 4) is 0 Å². The van der Waals surface area contributed by atoms with E-state index in [1.54, 1.807) is 0 Å². The summed E-state index contributed by atoms with van der Waals surface area (Å²) in [7, 11) is 0. The van der Waals surface area contributed by atoms with E-state index in [1.165, 1.54) is 250 Å². The third-order valence-corrected chi connectivity index (χ3v) is 14.3. The van der Waals surface area contributed by atoms with E-state index in [2.05, 4.69) is 43.5 Å². The molecule has 2 unspecified atom stereocenters. The first kappa shape index (κ1) is 66.3. The SMILES string of the molecule is CCCCCC/C=C\C/C=C\CCCCCCCCCC(=O)OCCCCCCCCCCCCCCCCCCCCCCCC(=O)NC(CO)C(O)CCCCCCCCCCCCCC. The van der Waals surface area contributed by atoms with Gasteiger partial charge in [-0.25, -0.2) is 0 Å². The molecule has 68 heavy (non-hydrogen) atoms. The Hall–Kier alpha value is -1.66. The van der Waals surface area contributed by atoms with Crippen molar-refractivity contribution in [2.75, 3.05) is 13.2 Å². The average molecular weight is 959 g/mol. The van der Waals surface area contributed by atoms with Crippen LogP contribution >= 0.6 is 0 Å². The molecule has 0 fully saturated rings. The van der Waals surface area contributed by atoms with Gasteiger partial charge >= 0.3 is 5.97 Å². The molecule has 0 saturated carbocycles. The Kier molecular flexibility index (Phi) is 56.5. The molecule has 0 bridgehead atoms. The van der Waals surface area contributed by atoms with Gasteiger partial charge in [0.25, 0.3) is 0 Å². The van der Waals surface area contributed by atoms with Crippen molar-refractivity contribution in [2.24, 2.45) is 0 Å². The summed E-state index contributed by atoms with van der Waals surface area (Å²) in [5, 5.41) is 23.2. The van der Waals surface area contributed by atoms with Crippen LogP contribution in [0.15, 0.2) is 24.3 Å². The molecule has 0 heterocycles. The molecule has 0 aliphatic rings. The fourth-order valence-electron chi connectivity index (χ4n) is 9.55. The zero-order chi connectivity index (χ0) is 49.3. The predicted molar refractivity (Wildman–Crippen MR) is 296 cm³/mol. The lowest BCUT2D eigenvalue weighted by atomic mass is 10.0. The first-order chi connectivity index (χ1) is 33.5. The summed E-state index contributed by atoms with van der Waals surface area (Å²) < 4.78 is 5.49. The van der Waals surface area contributed by atoms with E-state index in [0.29, 0.717) is 25.9 Å². The zero-order valence-electron chi connectivity index (χ0n) is 45.9. The van der Waals surface area contributed by atoms with Gasteiger partial charge in [-0.3, -0.25) is 9.59 Å². The summed E-state index contributed by atoms with van der Waals surface area (Å²) in [4.78, 5) is 24.5. The maximum absolute atomic E-state index is 12.5. The minimum Gasteiger partial charge on any atom is -0.466 e. The summed E-state index contributed by atoms with van der Waals surface area (Å²) in [6.07, 6.45) is 70.4. The smallest absolute Gasteiger partial charge is 0.305 e. The number of aliphatic hydroxyl groups excluding tert-OH is 2. The van der Waals surface area contributed by atoms with Gasteiger partial charge in [0, 0.05) is 12.8 Å². The highest BCUT2D eigenvalue weighted by atomic mass is 16.5. The highest BCUT2D eigenvalue weighted by molar-refractivity contribution is 5.76. The van der Waals surface area contributed by atoms with Gasteiger partial charge < -0.3 is 20.3 Å². The van der Waals surface area contributed by atoms with Gasteiger partial charge in [-0.05, 0) is 57.8 Å². The minimum atomic E-state index is -0.664. The topological polar surface area (TPSA) is 95.9 Å². The molecule has 0 rings (SSSR count). The number of esters is 1. The summed E-state index contributed by atoms with van der Waals surface area (Å²) in [6.45, 7) is 4.94. The number of nitrogens with one attached hydrogen (secondary N) is 1. The van der Waals surface area contributed by atoms with Gasteiger partial charge in [-0.15, -0.1) is 0 Å². The van der Waals surface area contributed by atoms with Crippen LogP contribution in [0.4, 0.5) is 0 Å². The van der Waals surface area contributed by atoms with E-state index in [1.807, 2.05) is 0 Å². The number of hydrogen-bond acceptors (Lipinski definition) is 5. The van der Waals surface area contributed by atoms with Crippen LogP contribution < -0.4 is 5.32 Å². The monoisotopic (exact) mass is 958 g/mol. The summed E-state index contributed by atoms with van der Waals surface area (Å²) >= 11 is 0.